The minimum absolute atomic E-state index is 0.700. The van der Waals surface area contributed by atoms with Gasteiger partial charge in [0.2, 0.25) is 0 Å². The summed E-state index contributed by atoms with van der Waals surface area (Å²) >= 11 is 9.83. The number of aryl methyl sites for hydroxylation is 2. The maximum Gasteiger partial charge on any atom is 0.127 e. The van der Waals surface area contributed by atoms with Crippen LogP contribution in [0.2, 0.25) is 5.02 Å². The highest BCUT2D eigenvalue weighted by Crippen LogP contribution is 2.34. The van der Waals surface area contributed by atoms with Gasteiger partial charge in [-0.1, -0.05) is 17.7 Å². The van der Waals surface area contributed by atoms with E-state index in [0.717, 1.165) is 39.5 Å². The molecule has 0 amide bonds. The first-order chi connectivity index (χ1) is 10.0. The number of benzene rings is 2. The summed E-state index contributed by atoms with van der Waals surface area (Å²) in [6, 6.07) is 8.27. The Morgan fingerprint density at radius 3 is 2.81 bits per heavy atom. The van der Waals surface area contributed by atoms with E-state index in [1.54, 1.807) is 0 Å². The molecule has 21 heavy (non-hydrogen) atoms. The fourth-order valence-corrected chi connectivity index (χ4v) is 3.88. The second-order valence-corrected chi connectivity index (χ2v) is 6.73. The maximum atomic E-state index is 6.20. The molecule has 0 unspecified atom stereocenters. The number of halogens is 2. The standard InChI is InChI=1S/C17H17BrClNO/c1-10-5-11(2)16(15(18)6-10)20-9-13-8-14(19)7-12-3-4-21-17(12)13/h5-8,20H,3-4,9H2,1-2H3. The van der Waals surface area contributed by atoms with Gasteiger partial charge < -0.3 is 10.1 Å². The lowest BCUT2D eigenvalue weighted by atomic mass is 10.1. The highest BCUT2D eigenvalue weighted by Gasteiger charge is 2.17. The molecule has 2 aromatic rings. The predicted octanol–water partition coefficient (Wildman–Crippen LogP) is 5.27. The molecule has 0 fully saturated rings. The number of nitrogens with one attached hydrogen (secondary N) is 1. The van der Waals surface area contributed by atoms with E-state index < -0.39 is 0 Å². The van der Waals surface area contributed by atoms with Gasteiger partial charge in [-0.3, -0.25) is 0 Å². The molecule has 2 nitrogen and oxygen atoms in total. The van der Waals surface area contributed by atoms with Crippen molar-refractivity contribution in [2.75, 3.05) is 11.9 Å². The van der Waals surface area contributed by atoms with E-state index in [1.165, 1.54) is 16.7 Å². The van der Waals surface area contributed by atoms with Gasteiger partial charge in [0, 0.05) is 28.0 Å². The summed E-state index contributed by atoms with van der Waals surface area (Å²) in [5, 5.41) is 4.27. The summed E-state index contributed by atoms with van der Waals surface area (Å²) in [7, 11) is 0. The fourth-order valence-electron chi connectivity index (χ4n) is 2.80. The molecule has 110 valence electrons. The predicted molar refractivity (Wildman–Crippen MR) is 91.6 cm³/mol. The van der Waals surface area contributed by atoms with Crippen LogP contribution in [-0.4, -0.2) is 6.61 Å². The van der Waals surface area contributed by atoms with Crippen molar-refractivity contribution in [2.45, 2.75) is 26.8 Å². The van der Waals surface area contributed by atoms with E-state index in [1.807, 2.05) is 12.1 Å². The lowest BCUT2D eigenvalue weighted by molar-refractivity contribution is 0.354. The van der Waals surface area contributed by atoms with Crippen molar-refractivity contribution in [3.63, 3.8) is 0 Å². The Kier molecular flexibility index (Phi) is 4.14. The molecule has 1 aliphatic heterocycles. The highest BCUT2D eigenvalue weighted by molar-refractivity contribution is 9.10. The molecule has 4 heteroatoms. The van der Waals surface area contributed by atoms with Crippen LogP contribution >= 0.6 is 27.5 Å². The van der Waals surface area contributed by atoms with Gasteiger partial charge in [0.25, 0.3) is 0 Å². The minimum atomic E-state index is 0.700. The zero-order valence-corrected chi connectivity index (χ0v) is 14.4. The zero-order chi connectivity index (χ0) is 15.0. The summed E-state index contributed by atoms with van der Waals surface area (Å²) in [5.74, 6) is 0.993. The van der Waals surface area contributed by atoms with E-state index in [4.69, 9.17) is 16.3 Å². The second-order valence-electron chi connectivity index (χ2n) is 5.44. The molecule has 0 saturated heterocycles. The molecule has 0 atom stereocenters. The van der Waals surface area contributed by atoms with Crippen LogP contribution in [0.5, 0.6) is 5.75 Å². The number of fused-ring (bicyclic) bond motifs is 1. The molecular formula is C17H17BrClNO. The third-order valence-corrected chi connectivity index (χ3v) is 4.56. The Morgan fingerprint density at radius 2 is 2.05 bits per heavy atom. The van der Waals surface area contributed by atoms with Crippen LogP contribution in [0.15, 0.2) is 28.7 Å². The van der Waals surface area contributed by atoms with Crippen molar-refractivity contribution in [1.82, 2.24) is 0 Å². The van der Waals surface area contributed by atoms with Gasteiger partial charge >= 0.3 is 0 Å². The Balaban J connectivity index is 1.86. The molecule has 1 heterocycles. The molecule has 0 aromatic heterocycles. The largest absolute Gasteiger partial charge is 0.493 e. The summed E-state index contributed by atoms with van der Waals surface area (Å²) in [5.41, 5.74) is 5.91. The third-order valence-electron chi connectivity index (χ3n) is 3.71. The Bertz CT molecular complexity index is 676. The molecular weight excluding hydrogens is 350 g/mol. The fraction of sp³-hybridized carbons (Fsp3) is 0.294. The van der Waals surface area contributed by atoms with Gasteiger partial charge in [-0.25, -0.2) is 0 Å². The van der Waals surface area contributed by atoms with Crippen LogP contribution in [0.3, 0.4) is 0 Å². The van der Waals surface area contributed by atoms with E-state index in [0.29, 0.717) is 6.54 Å². The van der Waals surface area contributed by atoms with Crippen LogP contribution in [0.1, 0.15) is 22.3 Å². The van der Waals surface area contributed by atoms with Crippen LogP contribution in [0.25, 0.3) is 0 Å². The lowest BCUT2D eigenvalue weighted by Crippen LogP contribution is -2.04. The van der Waals surface area contributed by atoms with E-state index in [2.05, 4.69) is 47.2 Å². The van der Waals surface area contributed by atoms with Crippen LogP contribution in [-0.2, 0) is 13.0 Å². The van der Waals surface area contributed by atoms with Gasteiger partial charge in [-0.2, -0.15) is 0 Å². The van der Waals surface area contributed by atoms with Crippen molar-refractivity contribution >= 4 is 33.2 Å². The summed E-state index contributed by atoms with van der Waals surface area (Å²) in [4.78, 5) is 0. The normalized spacial score (nSPS) is 13.0. The SMILES string of the molecule is Cc1cc(C)c(NCc2cc(Cl)cc3c2OCC3)c(Br)c1. The molecule has 0 saturated carbocycles. The summed E-state index contributed by atoms with van der Waals surface area (Å²) in [6.45, 7) is 5.65. The quantitative estimate of drug-likeness (QED) is 0.799. The van der Waals surface area contributed by atoms with Crippen molar-refractivity contribution in [2.24, 2.45) is 0 Å². The number of anilines is 1. The van der Waals surface area contributed by atoms with Gasteiger partial charge in [-0.15, -0.1) is 0 Å². The van der Waals surface area contributed by atoms with Gasteiger partial charge in [0.15, 0.2) is 0 Å². The first-order valence-corrected chi connectivity index (χ1v) is 8.16. The van der Waals surface area contributed by atoms with Gasteiger partial charge in [-0.05, 0) is 64.7 Å². The summed E-state index contributed by atoms with van der Waals surface area (Å²) in [6.07, 6.45) is 0.941. The average molecular weight is 367 g/mol. The van der Waals surface area contributed by atoms with Crippen molar-refractivity contribution in [3.05, 3.63) is 56.0 Å². The Labute approximate surface area is 138 Å². The lowest BCUT2D eigenvalue weighted by Gasteiger charge is -2.15. The number of hydrogen-bond donors (Lipinski definition) is 1. The minimum Gasteiger partial charge on any atom is -0.493 e. The summed E-state index contributed by atoms with van der Waals surface area (Å²) < 4.78 is 6.83. The molecule has 1 N–H and O–H groups in total. The monoisotopic (exact) mass is 365 g/mol. The van der Waals surface area contributed by atoms with E-state index in [-0.39, 0.29) is 0 Å². The number of rotatable bonds is 3. The van der Waals surface area contributed by atoms with Crippen molar-refractivity contribution in [1.29, 1.82) is 0 Å². The van der Waals surface area contributed by atoms with E-state index in [9.17, 15) is 0 Å². The Morgan fingerprint density at radius 1 is 1.24 bits per heavy atom. The van der Waals surface area contributed by atoms with Crippen LogP contribution < -0.4 is 10.1 Å². The average Bonchev–Trinajstić information content (AvgIpc) is 2.85. The number of hydrogen-bond acceptors (Lipinski definition) is 2. The Hall–Kier alpha value is -1.19. The van der Waals surface area contributed by atoms with E-state index >= 15 is 0 Å². The van der Waals surface area contributed by atoms with Gasteiger partial charge in [0.1, 0.15) is 5.75 Å². The molecule has 0 bridgehead atoms. The van der Waals surface area contributed by atoms with Crippen LogP contribution in [0.4, 0.5) is 5.69 Å². The molecule has 0 spiro atoms. The molecule has 0 radical (unpaired) electrons. The van der Waals surface area contributed by atoms with Crippen LogP contribution in [0, 0.1) is 13.8 Å². The smallest absolute Gasteiger partial charge is 0.127 e. The topological polar surface area (TPSA) is 21.3 Å². The molecule has 1 aliphatic rings. The van der Waals surface area contributed by atoms with Crippen molar-refractivity contribution in [3.8, 4) is 5.75 Å². The zero-order valence-electron chi connectivity index (χ0n) is 12.1. The number of ether oxygens (including phenoxy) is 1. The second kappa shape index (κ2) is 5.90. The highest BCUT2D eigenvalue weighted by atomic mass is 79.9. The first kappa shape index (κ1) is 14.7. The molecule has 2 aromatic carbocycles. The maximum absolute atomic E-state index is 6.20. The van der Waals surface area contributed by atoms with Crippen molar-refractivity contribution < 1.29 is 4.74 Å². The first-order valence-electron chi connectivity index (χ1n) is 6.99. The molecule has 0 aliphatic carbocycles. The van der Waals surface area contributed by atoms with Gasteiger partial charge in [0.05, 0.1) is 12.3 Å². The third kappa shape index (κ3) is 3.04. The molecule has 3 rings (SSSR count).